The van der Waals surface area contributed by atoms with Crippen molar-refractivity contribution < 1.29 is 23.4 Å². The van der Waals surface area contributed by atoms with Crippen LogP contribution in [0.5, 0.6) is 0 Å². The van der Waals surface area contributed by atoms with E-state index in [4.69, 9.17) is 4.74 Å². The van der Waals surface area contributed by atoms with Crippen molar-refractivity contribution >= 4 is 6.09 Å². The Morgan fingerprint density at radius 2 is 2.05 bits per heavy atom. The van der Waals surface area contributed by atoms with E-state index in [1.54, 1.807) is 20.8 Å². The van der Waals surface area contributed by atoms with Crippen molar-refractivity contribution in [1.82, 2.24) is 4.90 Å². The summed E-state index contributed by atoms with van der Waals surface area (Å²) in [5.41, 5.74) is -1.74. The van der Waals surface area contributed by atoms with Gasteiger partial charge in [-0.2, -0.15) is 0 Å². The fraction of sp³-hybridized carbons (Fsp3) is 0.933. The molecule has 0 radical (unpaired) electrons. The molecule has 4 nitrogen and oxygen atoms in total. The van der Waals surface area contributed by atoms with E-state index >= 15 is 0 Å². The monoisotopic (exact) mass is 305 g/mol. The van der Waals surface area contributed by atoms with Crippen LogP contribution < -0.4 is 0 Å². The fourth-order valence-corrected chi connectivity index (χ4v) is 3.58. The number of carbonyl (C=O) groups excluding carboxylic acids is 1. The number of likely N-dealkylation sites (tertiary alicyclic amines) is 1. The summed E-state index contributed by atoms with van der Waals surface area (Å²) in [5, 5.41) is 9.18. The minimum Gasteiger partial charge on any atom is -0.444 e. The quantitative estimate of drug-likeness (QED) is 0.810. The molecule has 3 unspecified atom stereocenters. The Balaban J connectivity index is 2.07. The van der Waals surface area contributed by atoms with E-state index in [0.29, 0.717) is 13.0 Å². The predicted octanol–water partition coefficient (Wildman–Crippen LogP) is 2.90. The van der Waals surface area contributed by atoms with E-state index in [0.717, 1.165) is 0 Å². The number of hydrogen-bond donors (Lipinski definition) is 1. The summed E-state index contributed by atoms with van der Waals surface area (Å²) in [7, 11) is 0. The molecule has 6 heteroatoms. The predicted molar refractivity (Wildman–Crippen MR) is 74.2 cm³/mol. The molecule has 21 heavy (non-hydrogen) atoms. The third kappa shape index (κ3) is 2.87. The average Bonchev–Trinajstić information content (AvgIpc) is 2.83. The second-order valence-corrected chi connectivity index (χ2v) is 7.50. The van der Waals surface area contributed by atoms with Crippen LogP contribution in [0.3, 0.4) is 0 Å². The van der Waals surface area contributed by atoms with Gasteiger partial charge in [-0.3, -0.25) is 0 Å². The highest BCUT2D eigenvalue weighted by molar-refractivity contribution is 5.68. The number of rotatable bonds is 1. The molecule has 0 aromatic rings. The Labute approximate surface area is 124 Å². The van der Waals surface area contributed by atoms with E-state index in [9.17, 15) is 18.7 Å². The summed E-state index contributed by atoms with van der Waals surface area (Å²) in [5.74, 6) is -3.83. The molecule has 1 saturated heterocycles. The Hall–Kier alpha value is -0.910. The number of ether oxygens (including phenoxy) is 1. The minimum atomic E-state index is -2.82. The Bertz CT molecular complexity index is 422. The van der Waals surface area contributed by atoms with Crippen LogP contribution in [0.4, 0.5) is 13.6 Å². The van der Waals surface area contributed by atoms with Gasteiger partial charge in [0.05, 0.1) is 12.5 Å². The van der Waals surface area contributed by atoms with E-state index < -0.39 is 35.6 Å². The first kappa shape index (κ1) is 16.5. The molecule has 1 N–H and O–H groups in total. The number of carbonyl (C=O) groups is 1. The average molecular weight is 305 g/mol. The standard InChI is InChI=1S/C15H25F2NO3/c1-10-7-14(11(9-19)15(14,16)17)5-6-18(8-10)12(20)21-13(2,3)4/h10-11,19H,5-9H2,1-4H3. The van der Waals surface area contributed by atoms with Crippen LogP contribution in [-0.4, -0.2) is 47.3 Å². The first-order valence-corrected chi connectivity index (χ1v) is 7.50. The largest absolute Gasteiger partial charge is 0.444 e. The van der Waals surface area contributed by atoms with Crippen LogP contribution >= 0.6 is 0 Å². The van der Waals surface area contributed by atoms with E-state index in [2.05, 4.69) is 0 Å². The van der Waals surface area contributed by atoms with E-state index in [-0.39, 0.29) is 18.9 Å². The molecule has 2 fully saturated rings. The van der Waals surface area contributed by atoms with Crippen molar-refractivity contribution in [2.45, 2.75) is 52.1 Å². The third-order valence-electron chi connectivity index (χ3n) is 4.59. The first-order chi connectivity index (χ1) is 9.53. The second-order valence-electron chi connectivity index (χ2n) is 7.50. The van der Waals surface area contributed by atoms with Gasteiger partial charge >= 0.3 is 6.09 Å². The van der Waals surface area contributed by atoms with Crippen molar-refractivity contribution in [1.29, 1.82) is 0 Å². The maximum Gasteiger partial charge on any atom is 0.410 e. The Morgan fingerprint density at radius 1 is 1.43 bits per heavy atom. The molecule has 3 atom stereocenters. The smallest absolute Gasteiger partial charge is 0.410 e. The van der Waals surface area contributed by atoms with Crippen LogP contribution in [0, 0.1) is 17.3 Å². The van der Waals surface area contributed by atoms with Gasteiger partial charge in [0.15, 0.2) is 0 Å². The number of aliphatic hydroxyl groups is 1. The zero-order valence-corrected chi connectivity index (χ0v) is 13.2. The molecule has 1 spiro atoms. The summed E-state index contributed by atoms with van der Waals surface area (Å²) < 4.78 is 33.3. The second kappa shape index (κ2) is 5.07. The molecular weight excluding hydrogens is 280 g/mol. The van der Waals surface area contributed by atoms with Crippen molar-refractivity contribution in [2.75, 3.05) is 19.7 Å². The molecule has 1 aliphatic carbocycles. The highest BCUT2D eigenvalue weighted by Crippen LogP contribution is 2.70. The van der Waals surface area contributed by atoms with Crippen LogP contribution in [0.15, 0.2) is 0 Å². The number of hydrogen-bond acceptors (Lipinski definition) is 3. The maximum atomic E-state index is 14.0. The lowest BCUT2D eigenvalue weighted by atomic mass is 9.89. The van der Waals surface area contributed by atoms with Crippen LogP contribution in [0.25, 0.3) is 0 Å². The molecular formula is C15H25F2NO3. The first-order valence-electron chi connectivity index (χ1n) is 7.50. The van der Waals surface area contributed by atoms with Crippen LogP contribution in [0.1, 0.15) is 40.5 Å². The SMILES string of the molecule is CC1CN(C(=O)OC(C)(C)C)CCC2(C1)C(CO)C2(F)F. The molecule has 122 valence electrons. The van der Waals surface area contributed by atoms with E-state index in [1.807, 2.05) is 6.92 Å². The molecule has 1 heterocycles. The summed E-state index contributed by atoms with van der Waals surface area (Å²) in [4.78, 5) is 13.6. The molecule has 1 aliphatic heterocycles. The van der Waals surface area contributed by atoms with Crippen molar-refractivity contribution in [3.8, 4) is 0 Å². The van der Waals surface area contributed by atoms with Gasteiger partial charge < -0.3 is 14.7 Å². The molecule has 2 rings (SSSR count). The van der Waals surface area contributed by atoms with Gasteiger partial charge in [0.25, 0.3) is 5.92 Å². The number of amides is 1. The van der Waals surface area contributed by atoms with Crippen molar-refractivity contribution in [3.63, 3.8) is 0 Å². The highest BCUT2D eigenvalue weighted by Gasteiger charge is 2.79. The molecule has 0 aromatic carbocycles. The van der Waals surface area contributed by atoms with Gasteiger partial charge in [-0.1, -0.05) is 6.92 Å². The van der Waals surface area contributed by atoms with Gasteiger partial charge in [-0.25, -0.2) is 13.6 Å². The van der Waals surface area contributed by atoms with Gasteiger partial charge in [-0.15, -0.1) is 0 Å². The Morgan fingerprint density at radius 3 is 2.52 bits per heavy atom. The molecule has 0 aromatic heterocycles. The maximum absolute atomic E-state index is 14.0. The summed E-state index contributed by atoms with van der Waals surface area (Å²) in [6.07, 6.45) is 0.107. The molecule has 1 saturated carbocycles. The fourth-order valence-electron chi connectivity index (χ4n) is 3.58. The summed E-state index contributed by atoms with van der Waals surface area (Å²) >= 11 is 0. The van der Waals surface area contributed by atoms with Crippen molar-refractivity contribution in [3.05, 3.63) is 0 Å². The number of alkyl halides is 2. The highest BCUT2D eigenvalue weighted by atomic mass is 19.3. The number of halogens is 2. The summed E-state index contributed by atoms with van der Waals surface area (Å²) in [6.45, 7) is 7.40. The molecule has 1 amide bonds. The van der Waals surface area contributed by atoms with Gasteiger partial charge in [0.1, 0.15) is 5.60 Å². The molecule has 2 aliphatic rings. The number of nitrogens with zero attached hydrogens (tertiary/aromatic N) is 1. The van der Waals surface area contributed by atoms with Gasteiger partial charge in [0, 0.05) is 18.5 Å². The normalized spacial score (nSPS) is 35.5. The zero-order chi connectivity index (χ0) is 16.1. The lowest BCUT2D eigenvalue weighted by Gasteiger charge is -2.27. The van der Waals surface area contributed by atoms with E-state index in [1.165, 1.54) is 4.90 Å². The third-order valence-corrected chi connectivity index (χ3v) is 4.59. The lowest BCUT2D eigenvalue weighted by Crippen LogP contribution is -2.38. The topological polar surface area (TPSA) is 49.8 Å². The molecule has 0 bridgehead atoms. The van der Waals surface area contributed by atoms with Gasteiger partial charge in [-0.05, 0) is 39.5 Å². The number of aliphatic hydroxyl groups excluding tert-OH is 1. The lowest BCUT2D eigenvalue weighted by molar-refractivity contribution is 0.0227. The van der Waals surface area contributed by atoms with Crippen LogP contribution in [-0.2, 0) is 4.74 Å². The summed E-state index contributed by atoms with van der Waals surface area (Å²) in [6, 6.07) is 0. The van der Waals surface area contributed by atoms with Crippen molar-refractivity contribution in [2.24, 2.45) is 17.3 Å². The Kier molecular flexibility index (Phi) is 3.98. The van der Waals surface area contributed by atoms with Gasteiger partial charge in [0.2, 0.25) is 0 Å². The zero-order valence-electron chi connectivity index (χ0n) is 13.2. The van der Waals surface area contributed by atoms with Crippen LogP contribution in [0.2, 0.25) is 0 Å². The minimum absolute atomic E-state index is 0.0394.